The minimum atomic E-state index is -0.697. The van der Waals surface area contributed by atoms with Crippen LogP contribution in [0.4, 0.5) is 0 Å². The van der Waals surface area contributed by atoms with Crippen molar-refractivity contribution in [3.63, 3.8) is 0 Å². The van der Waals surface area contributed by atoms with Gasteiger partial charge in [-0.2, -0.15) is 0 Å². The van der Waals surface area contributed by atoms with Gasteiger partial charge in [0.1, 0.15) is 12.4 Å². The van der Waals surface area contributed by atoms with Crippen LogP contribution in [-0.4, -0.2) is 54.8 Å². The Bertz CT molecular complexity index is 965. The number of rotatable bonds is 8. The number of esters is 1. The fraction of sp³-hybridized carbons (Fsp3) is 0.391. The number of carbonyl (C=O) groups excluding carboxylic acids is 1. The third-order valence-corrected chi connectivity index (χ3v) is 4.98. The molecule has 2 aromatic carbocycles. The monoisotopic (exact) mass is 395 g/mol. The van der Waals surface area contributed by atoms with Gasteiger partial charge in [-0.05, 0) is 62.5 Å². The summed E-state index contributed by atoms with van der Waals surface area (Å²) in [6.45, 7) is 4.76. The Morgan fingerprint density at radius 1 is 1.17 bits per heavy atom. The maximum atomic E-state index is 11.8. The van der Waals surface area contributed by atoms with Gasteiger partial charge in [0.05, 0.1) is 24.9 Å². The van der Waals surface area contributed by atoms with Gasteiger partial charge in [-0.25, -0.2) is 4.98 Å². The van der Waals surface area contributed by atoms with Gasteiger partial charge in [-0.3, -0.25) is 4.79 Å². The molecule has 0 aliphatic carbocycles. The SMILES string of the molecule is COC(=O)C(C)(C)COc1ccc2cc(C(CN(C)C)n3ccnc3)ccc2c1. The van der Waals surface area contributed by atoms with Crippen molar-refractivity contribution >= 4 is 16.7 Å². The first-order valence-corrected chi connectivity index (χ1v) is 9.67. The molecule has 3 aromatic rings. The highest BCUT2D eigenvalue weighted by atomic mass is 16.5. The zero-order valence-electron chi connectivity index (χ0n) is 17.8. The topological polar surface area (TPSA) is 56.6 Å². The highest BCUT2D eigenvalue weighted by Crippen LogP contribution is 2.28. The first-order chi connectivity index (χ1) is 13.8. The third-order valence-electron chi connectivity index (χ3n) is 4.98. The molecule has 0 aliphatic rings. The van der Waals surface area contributed by atoms with E-state index < -0.39 is 5.41 Å². The molecule has 1 atom stereocenters. The minimum absolute atomic E-state index is 0.189. The number of fused-ring (bicyclic) bond motifs is 1. The van der Waals surface area contributed by atoms with Gasteiger partial charge < -0.3 is 18.9 Å². The number of carbonyl (C=O) groups is 1. The zero-order chi connectivity index (χ0) is 21.0. The predicted octanol–water partition coefficient (Wildman–Crippen LogP) is 3.77. The second-order valence-electron chi connectivity index (χ2n) is 8.22. The van der Waals surface area contributed by atoms with Crippen molar-refractivity contribution in [1.29, 1.82) is 0 Å². The largest absolute Gasteiger partial charge is 0.492 e. The van der Waals surface area contributed by atoms with Crippen molar-refractivity contribution in [3.05, 3.63) is 60.7 Å². The number of ether oxygens (including phenoxy) is 2. The Morgan fingerprint density at radius 3 is 2.55 bits per heavy atom. The molecule has 0 N–H and O–H groups in total. The molecular weight excluding hydrogens is 366 g/mol. The molecule has 29 heavy (non-hydrogen) atoms. The summed E-state index contributed by atoms with van der Waals surface area (Å²) < 4.78 is 12.8. The number of nitrogens with zero attached hydrogens (tertiary/aromatic N) is 3. The molecule has 1 unspecified atom stereocenters. The summed E-state index contributed by atoms with van der Waals surface area (Å²) in [6, 6.07) is 12.7. The Morgan fingerprint density at radius 2 is 1.90 bits per heavy atom. The molecule has 0 amide bonds. The highest BCUT2D eigenvalue weighted by Gasteiger charge is 2.29. The van der Waals surface area contributed by atoms with Gasteiger partial charge in [0.2, 0.25) is 0 Å². The van der Waals surface area contributed by atoms with E-state index >= 15 is 0 Å². The van der Waals surface area contributed by atoms with Crippen LogP contribution in [0.15, 0.2) is 55.1 Å². The molecule has 0 radical (unpaired) electrons. The summed E-state index contributed by atoms with van der Waals surface area (Å²) in [5.41, 5.74) is 0.530. The van der Waals surface area contributed by atoms with E-state index in [1.165, 1.54) is 12.7 Å². The lowest BCUT2D eigenvalue weighted by atomic mass is 9.95. The minimum Gasteiger partial charge on any atom is -0.492 e. The van der Waals surface area contributed by atoms with E-state index in [4.69, 9.17) is 9.47 Å². The fourth-order valence-electron chi connectivity index (χ4n) is 3.31. The van der Waals surface area contributed by atoms with Gasteiger partial charge in [0.15, 0.2) is 0 Å². The number of benzene rings is 2. The molecule has 1 heterocycles. The number of imidazole rings is 1. The average molecular weight is 396 g/mol. The Labute approximate surface area is 172 Å². The van der Waals surface area contributed by atoms with Crippen LogP contribution in [0.2, 0.25) is 0 Å². The Hall–Kier alpha value is -2.86. The molecule has 6 nitrogen and oxygen atoms in total. The van der Waals surface area contributed by atoms with E-state index in [1.807, 2.05) is 44.7 Å². The van der Waals surface area contributed by atoms with E-state index in [0.717, 1.165) is 23.1 Å². The quantitative estimate of drug-likeness (QED) is 0.544. The van der Waals surface area contributed by atoms with E-state index in [0.29, 0.717) is 0 Å². The van der Waals surface area contributed by atoms with Crippen molar-refractivity contribution in [2.45, 2.75) is 19.9 Å². The first kappa shape index (κ1) is 20.9. The molecule has 0 spiro atoms. The molecule has 3 rings (SSSR count). The first-order valence-electron chi connectivity index (χ1n) is 9.67. The lowest BCUT2D eigenvalue weighted by Gasteiger charge is -2.23. The van der Waals surface area contributed by atoms with Crippen molar-refractivity contribution in [2.24, 2.45) is 5.41 Å². The zero-order valence-corrected chi connectivity index (χ0v) is 17.8. The average Bonchev–Trinajstić information content (AvgIpc) is 3.23. The van der Waals surface area contributed by atoms with Crippen LogP contribution < -0.4 is 4.74 Å². The van der Waals surface area contributed by atoms with Crippen molar-refractivity contribution in [2.75, 3.05) is 34.4 Å². The third kappa shape index (κ3) is 4.95. The fourth-order valence-corrected chi connectivity index (χ4v) is 3.31. The van der Waals surface area contributed by atoms with E-state index in [-0.39, 0.29) is 18.6 Å². The maximum absolute atomic E-state index is 11.8. The molecular formula is C23H29N3O3. The summed E-state index contributed by atoms with van der Waals surface area (Å²) in [5, 5.41) is 2.24. The van der Waals surface area contributed by atoms with Crippen LogP contribution in [0.25, 0.3) is 10.8 Å². The smallest absolute Gasteiger partial charge is 0.314 e. The van der Waals surface area contributed by atoms with E-state index in [2.05, 4.69) is 52.8 Å². The predicted molar refractivity (Wildman–Crippen MR) is 114 cm³/mol. The Kier molecular flexibility index (Phi) is 6.23. The summed E-state index contributed by atoms with van der Waals surface area (Å²) in [4.78, 5) is 18.2. The van der Waals surface area contributed by atoms with Crippen LogP contribution >= 0.6 is 0 Å². The number of likely N-dealkylation sites (N-methyl/N-ethyl adjacent to an activating group) is 1. The van der Waals surface area contributed by atoms with Crippen molar-refractivity contribution in [3.8, 4) is 5.75 Å². The highest BCUT2D eigenvalue weighted by molar-refractivity contribution is 5.84. The molecule has 6 heteroatoms. The normalized spacial score (nSPS) is 12.9. The molecule has 0 fully saturated rings. The number of hydrogen-bond acceptors (Lipinski definition) is 5. The second-order valence-corrected chi connectivity index (χ2v) is 8.22. The lowest BCUT2D eigenvalue weighted by molar-refractivity contribution is -0.152. The van der Waals surface area contributed by atoms with Gasteiger partial charge in [0.25, 0.3) is 0 Å². The summed E-state index contributed by atoms with van der Waals surface area (Å²) >= 11 is 0. The summed E-state index contributed by atoms with van der Waals surface area (Å²) in [5.74, 6) is 0.455. The van der Waals surface area contributed by atoms with Crippen LogP contribution in [0.3, 0.4) is 0 Å². The molecule has 0 saturated heterocycles. The van der Waals surface area contributed by atoms with Crippen LogP contribution in [0.1, 0.15) is 25.5 Å². The van der Waals surface area contributed by atoms with Gasteiger partial charge in [-0.1, -0.05) is 18.2 Å². The standard InChI is InChI=1S/C23H29N3O3/c1-23(2,22(27)28-5)15-29-20-9-8-17-12-19(7-6-18(17)13-20)21(14-25(3)4)26-11-10-24-16-26/h6-13,16,21H,14-15H2,1-5H3. The van der Waals surface area contributed by atoms with Crippen LogP contribution in [0.5, 0.6) is 5.75 Å². The number of hydrogen-bond donors (Lipinski definition) is 0. The molecule has 0 bridgehead atoms. The van der Waals surface area contributed by atoms with Crippen LogP contribution in [0, 0.1) is 5.41 Å². The van der Waals surface area contributed by atoms with E-state index in [1.54, 1.807) is 0 Å². The number of methoxy groups -OCH3 is 1. The lowest BCUT2D eigenvalue weighted by Crippen LogP contribution is -2.32. The van der Waals surface area contributed by atoms with E-state index in [9.17, 15) is 4.79 Å². The van der Waals surface area contributed by atoms with Crippen LogP contribution in [-0.2, 0) is 9.53 Å². The van der Waals surface area contributed by atoms with Gasteiger partial charge >= 0.3 is 5.97 Å². The maximum Gasteiger partial charge on any atom is 0.314 e. The van der Waals surface area contributed by atoms with Crippen molar-refractivity contribution < 1.29 is 14.3 Å². The van der Waals surface area contributed by atoms with Gasteiger partial charge in [0, 0.05) is 18.9 Å². The second kappa shape index (κ2) is 8.66. The molecule has 154 valence electrons. The summed E-state index contributed by atoms with van der Waals surface area (Å²) in [7, 11) is 5.54. The van der Waals surface area contributed by atoms with Gasteiger partial charge in [-0.15, -0.1) is 0 Å². The molecule has 0 saturated carbocycles. The molecule has 0 aliphatic heterocycles. The molecule has 1 aromatic heterocycles. The van der Waals surface area contributed by atoms with Crippen molar-refractivity contribution in [1.82, 2.24) is 14.5 Å². The Balaban J connectivity index is 1.82. The summed E-state index contributed by atoms with van der Waals surface area (Å²) in [6.07, 6.45) is 5.67. The number of aromatic nitrogens is 2.